The number of hydrogen-bond donors (Lipinski definition) is 1. The molecule has 3 rings (SSSR count). The molecule has 1 atom stereocenters. The summed E-state index contributed by atoms with van der Waals surface area (Å²) in [6, 6.07) is 5.11. The number of nitrogens with zero attached hydrogens (tertiary/aromatic N) is 3. The van der Waals surface area contributed by atoms with Gasteiger partial charge in [-0.3, -0.25) is 0 Å². The summed E-state index contributed by atoms with van der Waals surface area (Å²) in [6.45, 7) is 0.742. The van der Waals surface area contributed by atoms with E-state index < -0.39 is 5.97 Å². The van der Waals surface area contributed by atoms with Crippen molar-refractivity contribution < 1.29 is 9.90 Å². The molecule has 1 fully saturated rings. The zero-order valence-electron chi connectivity index (χ0n) is 9.74. The van der Waals surface area contributed by atoms with Crippen molar-refractivity contribution in [2.24, 2.45) is 0 Å². The van der Waals surface area contributed by atoms with Crippen molar-refractivity contribution in [1.82, 2.24) is 15.0 Å². The van der Waals surface area contributed by atoms with E-state index in [1.807, 2.05) is 11.8 Å². The number of carbonyl (C=O) groups is 1. The number of benzene rings is 1. The molecule has 1 N–H and O–H groups in total. The number of fused-ring (bicyclic) bond motifs is 1. The average Bonchev–Trinajstić information content (AvgIpc) is 2.99. The molecule has 0 radical (unpaired) electrons. The standard InChI is InChI=1S/C12H13N3O2S/c16-12(17)9-4-1-5-10-11(9)15(14-13-10)7-8-3-2-6-18-8/h1,4-5,8H,2-3,6-7H2,(H,16,17). The van der Waals surface area contributed by atoms with Gasteiger partial charge in [0, 0.05) is 5.25 Å². The first-order valence-electron chi connectivity index (χ1n) is 5.93. The smallest absolute Gasteiger partial charge is 0.337 e. The molecule has 0 amide bonds. The first-order chi connectivity index (χ1) is 8.75. The molecular formula is C12H13N3O2S. The number of hydrogen-bond acceptors (Lipinski definition) is 4. The van der Waals surface area contributed by atoms with Gasteiger partial charge in [-0.1, -0.05) is 11.3 Å². The molecule has 2 aromatic rings. The molecule has 94 valence electrons. The van der Waals surface area contributed by atoms with Crippen LogP contribution in [0.5, 0.6) is 0 Å². The summed E-state index contributed by atoms with van der Waals surface area (Å²) >= 11 is 1.93. The fourth-order valence-electron chi connectivity index (χ4n) is 2.31. The first kappa shape index (κ1) is 11.5. The van der Waals surface area contributed by atoms with Crippen LogP contribution in [0.3, 0.4) is 0 Å². The molecule has 5 nitrogen and oxygen atoms in total. The summed E-state index contributed by atoms with van der Waals surface area (Å²) in [4.78, 5) is 11.2. The van der Waals surface area contributed by atoms with Gasteiger partial charge in [-0.15, -0.1) is 5.10 Å². The molecule has 1 saturated heterocycles. The van der Waals surface area contributed by atoms with E-state index in [0.717, 1.165) is 6.54 Å². The molecule has 0 aliphatic carbocycles. The Kier molecular flexibility index (Phi) is 2.95. The molecular weight excluding hydrogens is 250 g/mol. The van der Waals surface area contributed by atoms with Crippen LogP contribution in [-0.4, -0.2) is 37.1 Å². The van der Waals surface area contributed by atoms with Gasteiger partial charge in [0.25, 0.3) is 0 Å². The SMILES string of the molecule is O=C(O)c1cccc2nnn(CC3CCCS3)c12. The van der Waals surface area contributed by atoms with Crippen LogP contribution in [0.1, 0.15) is 23.2 Å². The molecule has 1 aromatic heterocycles. The van der Waals surface area contributed by atoms with Crippen molar-refractivity contribution in [1.29, 1.82) is 0 Å². The molecule has 0 spiro atoms. The lowest BCUT2D eigenvalue weighted by atomic mass is 10.2. The molecule has 6 heteroatoms. The number of rotatable bonds is 3. The quantitative estimate of drug-likeness (QED) is 0.917. The van der Waals surface area contributed by atoms with Gasteiger partial charge in [0.05, 0.1) is 12.1 Å². The van der Waals surface area contributed by atoms with Crippen LogP contribution in [0.4, 0.5) is 0 Å². The van der Waals surface area contributed by atoms with Gasteiger partial charge in [0.1, 0.15) is 11.0 Å². The summed E-state index contributed by atoms with van der Waals surface area (Å²) in [7, 11) is 0. The molecule has 2 heterocycles. The van der Waals surface area contributed by atoms with Crippen molar-refractivity contribution in [2.45, 2.75) is 24.6 Å². The lowest BCUT2D eigenvalue weighted by Gasteiger charge is -2.09. The molecule has 0 bridgehead atoms. The maximum atomic E-state index is 11.2. The Morgan fingerprint density at radius 1 is 1.56 bits per heavy atom. The van der Waals surface area contributed by atoms with Crippen LogP contribution in [0.25, 0.3) is 11.0 Å². The van der Waals surface area contributed by atoms with Crippen LogP contribution >= 0.6 is 11.8 Å². The van der Waals surface area contributed by atoms with Crippen molar-refractivity contribution in [3.8, 4) is 0 Å². The lowest BCUT2D eigenvalue weighted by molar-refractivity contribution is 0.0698. The number of aromatic nitrogens is 3. The molecule has 1 aromatic carbocycles. The van der Waals surface area contributed by atoms with Crippen molar-refractivity contribution in [2.75, 3.05) is 5.75 Å². The average molecular weight is 263 g/mol. The first-order valence-corrected chi connectivity index (χ1v) is 6.97. The second-order valence-corrected chi connectivity index (χ2v) is 5.79. The highest BCUT2D eigenvalue weighted by Crippen LogP contribution is 2.28. The fourth-order valence-corrected chi connectivity index (χ4v) is 3.56. The largest absolute Gasteiger partial charge is 0.478 e. The van der Waals surface area contributed by atoms with Crippen LogP contribution in [0.15, 0.2) is 18.2 Å². The van der Waals surface area contributed by atoms with Gasteiger partial charge >= 0.3 is 5.97 Å². The summed E-state index contributed by atoms with van der Waals surface area (Å²) in [5, 5.41) is 17.9. The highest BCUT2D eigenvalue weighted by atomic mass is 32.2. The molecule has 1 unspecified atom stereocenters. The van der Waals surface area contributed by atoms with E-state index in [0.29, 0.717) is 16.3 Å². The molecule has 1 aliphatic rings. The van der Waals surface area contributed by atoms with E-state index >= 15 is 0 Å². The maximum absolute atomic E-state index is 11.2. The Morgan fingerprint density at radius 3 is 3.17 bits per heavy atom. The van der Waals surface area contributed by atoms with Gasteiger partial charge in [0.15, 0.2) is 0 Å². The Morgan fingerprint density at radius 2 is 2.44 bits per heavy atom. The minimum absolute atomic E-state index is 0.278. The van der Waals surface area contributed by atoms with Gasteiger partial charge in [-0.05, 0) is 30.7 Å². The second kappa shape index (κ2) is 4.61. The fraction of sp³-hybridized carbons (Fsp3) is 0.417. The Bertz CT molecular complexity index is 590. The Balaban J connectivity index is 2.03. The minimum atomic E-state index is -0.928. The third kappa shape index (κ3) is 1.96. The predicted octanol–water partition coefficient (Wildman–Crippen LogP) is 2.03. The Hall–Kier alpha value is -1.56. The second-order valence-electron chi connectivity index (χ2n) is 4.39. The highest BCUT2D eigenvalue weighted by Gasteiger charge is 2.20. The number of carboxylic acid groups (broad SMARTS) is 1. The zero-order valence-corrected chi connectivity index (χ0v) is 10.6. The topological polar surface area (TPSA) is 68.0 Å². The van der Waals surface area contributed by atoms with E-state index in [1.54, 1.807) is 22.9 Å². The summed E-state index contributed by atoms with van der Waals surface area (Å²) in [6.07, 6.45) is 2.40. The van der Waals surface area contributed by atoms with Gasteiger partial charge in [-0.2, -0.15) is 11.8 Å². The normalized spacial score (nSPS) is 19.4. The van der Waals surface area contributed by atoms with E-state index in [-0.39, 0.29) is 5.56 Å². The maximum Gasteiger partial charge on any atom is 0.337 e. The summed E-state index contributed by atoms with van der Waals surface area (Å²) in [5.74, 6) is 0.256. The van der Waals surface area contributed by atoms with E-state index in [2.05, 4.69) is 10.3 Å². The zero-order chi connectivity index (χ0) is 12.5. The number of thioether (sulfide) groups is 1. The summed E-state index contributed by atoms with van der Waals surface area (Å²) < 4.78 is 1.74. The van der Waals surface area contributed by atoms with Gasteiger partial charge in [0.2, 0.25) is 0 Å². The monoisotopic (exact) mass is 263 g/mol. The Labute approximate surface area is 108 Å². The molecule has 1 aliphatic heterocycles. The van der Waals surface area contributed by atoms with Crippen LogP contribution < -0.4 is 0 Å². The highest BCUT2D eigenvalue weighted by molar-refractivity contribution is 8.00. The van der Waals surface area contributed by atoms with Crippen LogP contribution in [0.2, 0.25) is 0 Å². The van der Waals surface area contributed by atoms with Crippen LogP contribution in [0, 0.1) is 0 Å². The molecule has 0 saturated carbocycles. The van der Waals surface area contributed by atoms with E-state index in [4.69, 9.17) is 0 Å². The third-order valence-corrected chi connectivity index (χ3v) is 4.54. The van der Waals surface area contributed by atoms with Gasteiger partial charge < -0.3 is 5.11 Å². The van der Waals surface area contributed by atoms with Crippen molar-refractivity contribution in [3.63, 3.8) is 0 Å². The number of aromatic carboxylic acids is 1. The number of carboxylic acids is 1. The minimum Gasteiger partial charge on any atom is -0.478 e. The third-order valence-electron chi connectivity index (χ3n) is 3.16. The van der Waals surface area contributed by atoms with E-state index in [9.17, 15) is 9.90 Å². The van der Waals surface area contributed by atoms with Crippen LogP contribution in [-0.2, 0) is 6.54 Å². The summed E-state index contributed by atoms with van der Waals surface area (Å²) in [5.41, 5.74) is 1.57. The number of para-hydroxylation sites is 1. The van der Waals surface area contributed by atoms with Gasteiger partial charge in [-0.25, -0.2) is 9.48 Å². The lowest BCUT2D eigenvalue weighted by Crippen LogP contribution is -2.13. The predicted molar refractivity (Wildman–Crippen MR) is 70.0 cm³/mol. The van der Waals surface area contributed by atoms with Crippen molar-refractivity contribution >= 4 is 28.8 Å². The van der Waals surface area contributed by atoms with Crippen molar-refractivity contribution in [3.05, 3.63) is 23.8 Å². The van der Waals surface area contributed by atoms with E-state index in [1.165, 1.54) is 18.6 Å². The molecule has 18 heavy (non-hydrogen) atoms.